The average Bonchev–Trinajstić information content (AvgIpc) is 2.36. The SMILES string of the molecule is Cc1ccc(F)c(NC(=O)c2cc(Cl)ncc2N)c1. The van der Waals surface area contributed by atoms with Crippen LogP contribution in [0, 0.1) is 12.7 Å². The standard InChI is InChI=1S/C13H11ClFN3O/c1-7-2-3-9(15)11(4-7)18-13(19)8-5-12(14)17-6-10(8)16/h2-6H,16H2,1H3,(H,18,19). The minimum absolute atomic E-state index is 0.0948. The van der Waals surface area contributed by atoms with Gasteiger partial charge in [0, 0.05) is 0 Å². The van der Waals surface area contributed by atoms with Crippen LogP contribution >= 0.6 is 11.6 Å². The number of nitrogen functional groups attached to an aromatic ring is 1. The fourth-order valence-corrected chi connectivity index (χ4v) is 1.72. The lowest BCUT2D eigenvalue weighted by Crippen LogP contribution is -2.15. The van der Waals surface area contributed by atoms with Crippen LogP contribution in [0.1, 0.15) is 15.9 Å². The van der Waals surface area contributed by atoms with E-state index in [0.29, 0.717) is 0 Å². The van der Waals surface area contributed by atoms with Gasteiger partial charge in [0.05, 0.1) is 23.1 Å². The van der Waals surface area contributed by atoms with Gasteiger partial charge in [0.15, 0.2) is 0 Å². The highest BCUT2D eigenvalue weighted by atomic mass is 35.5. The van der Waals surface area contributed by atoms with Crippen molar-refractivity contribution in [3.05, 3.63) is 52.6 Å². The zero-order chi connectivity index (χ0) is 14.0. The molecule has 2 aromatic rings. The zero-order valence-corrected chi connectivity index (χ0v) is 10.8. The minimum atomic E-state index is -0.536. The first-order valence-electron chi connectivity index (χ1n) is 5.46. The van der Waals surface area contributed by atoms with Gasteiger partial charge in [-0.05, 0) is 30.7 Å². The summed E-state index contributed by atoms with van der Waals surface area (Å²) in [4.78, 5) is 15.8. The summed E-state index contributed by atoms with van der Waals surface area (Å²) < 4.78 is 13.5. The number of rotatable bonds is 2. The smallest absolute Gasteiger partial charge is 0.258 e. The molecule has 6 heteroatoms. The molecular weight excluding hydrogens is 269 g/mol. The summed E-state index contributed by atoms with van der Waals surface area (Å²) in [6.07, 6.45) is 1.28. The lowest BCUT2D eigenvalue weighted by molar-refractivity contribution is 0.102. The van der Waals surface area contributed by atoms with Crippen molar-refractivity contribution in [2.45, 2.75) is 6.92 Å². The number of amides is 1. The van der Waals surface area contributed by atoms with Crippen LogP contribution in [0.4, 0.5) is 15.8 Å². The summed E-state index contributed by atoms with van der Waals surface area (Å²) >= 11 is 5.70. The summed E-state index contributed by atoms with van der Waals surface area (Å²) in [6, 6.07) is 5.77. The van der Waals surface area contributed by atoms with Gasteiger partial charge in [-0.1, -0.05) is 17.7 Å². The lowest BCUT2D eigenvalue weighted by atomic mass is 10.2. The van der Waals surface area contributed by atoms with Gasteiger partial charge < -0.3 is 11.1 Å². The number of halogens is 2. The zero-order valence-electron chi connectivity index (χ0n) is 10.1. The molecule has 1 amide bonds. The van der Waals surface area contributed by atoms with Crippen molar-refractivity contribution in [1.29, 1.82) is 0 Å². The first-order chi connectivity index (χ1) is 8.97. The third kappa shape index (κ3) is 3.00. The molecule has 1 heterocycles. The molecular formula is C13H11ClFN3O. The van der Waals surface area contributed by atoms with Crippen LogP contribution in [0.3, 0.4) is 0 Å². The Balaban J connectivity index is 2.30. The molecule has 2 rings (SSSR count). The van der Waals surface area contributed by atoms with Gasteiger partial charge in [-0.15, -0.1) is 0 Å². The molecule has 3 N–H and O–H groups in total. The van der Waals surface area contributed by atoms with Gasteiger partial charge in [-0.25, -0.2) is 9.37 Å². The number of carbonyl (C=O) groups is 1. The summed E-state index contributed by atoms with van der Waals surface area (Å²) in [5.74, 6) is -1.05. The lowest BCUT2D eigenvalue weighted by Gasteiger charge is -2.09. The van der Waals surface area contributed by atoms with Crippen molar-refractivity contribution in [3.8, 4) is 0 Å². The molecule has 0 unspecified atom stereocenters. The number of nitrogens with one attached hydrogen (secondary N) is 1. The highest BCUT2D eigenvalue weighted by molar-refractivity contribution is 6.30. The van der Waals surface area contributed by atoms with E-state index in [-0.39, 0.29) is 22.1 Å². The van der Waals surface area contributed by atoms with E-state index >= 15 is 0 Å². The van der Waals surface area contributed by atoms with Crippen molar-refractivity contribution in [2.75, 3.05) is 11.1 Å². The van der Waals surface area contributed by atoms with Crippen molar-refractivity contribution in [1.82, 2.24) is 4.98 Å². The largest absolute Gasteiger partial charge is 0.397 e. The second-order valence-electron chi connectivity index (χ2n) is 4.03. The molecule has 0 atom stereocenters. The van der Waals surface area contributed by atoms with E-state index in [4.69, 9.17) is 17.3 Å². The average molecular weight is 280 g/mol. The summed E-state index contributed by atoms with van der Waals surface area (Å²) in [5, 5.41) is 2.60. The minimum Gasteiger partial charge on any atom is -0.397 e. The predicted molar refractivity (Wildman–Crippen MR) is 72.7 cm³/mol. The predicted octanol–water partition coefficient (Wildman–Crippen LogP) is 3.02. The Labute approximate surface area is 114 Å². The van der Waals surface area contributed by atoms with E-state index < -0.39 is 11.7 Å². The second-order valence-corrected chi connectivity index (χ2v) is 4.42. The third-order valence-corrected chi connectivity index (χ3v) is 2.72. The molecule has 0 saturated heterocycles. The number of hydrogen-bond acceptors (Lipinski definition) is 3. The van der Waals surface area contributed by atoms with Crippen LogP contribution in [0.5, 0.6) is 0 Å². The maximum absolute atomic E-state index is 13.5. The molecule has 98 valence electrons. The van der Waals surface area contributed by atoms with Gasteiger partial charge in [0.25, 0.3) is 5.91 Å². The topological polar surface area (TPSA) is 68.0 Å². The number of pyridine rings is 1. The fourth-order valence-electron chi connectivity index (χ4n) is 1.56. The molecule has 19 heavy (non-hydrogen) atoms. The normalized spacial score (nSPS) is 10.3. The summed E-state index contributed by atoms with van der Waals surface area (Å²) in [5.41, 5.74) is 6.89. The molecule has 0 aliphatic carbocycles. The molecule has 1 aromatic heterocycles. The highest BCUT2D eigenvalue weighted by Gasteiger charge is 2.13. The Kier molecular flexibility index (Phi) is 3.66. The first kappa shape index (κ1) is 13.3. The Bertz CT molecular complexity index is 646. The monoisotopic (exact) mass is 279 g/mol. The molecule has 0 fully saturated rings. The number of aryl methyl sites for hydroxylation is 1. The molecule has 0 aliphatic rings. The summed E-state index contributed by atoms with van der Waals surface area (Å²) in [7, 11) is 0. The fraction of sp³-hybridized carbons (Fsp3) is 0.0769. The number of carbonyl (C=O) groups excluding carboxylic acids is 1. The van der Waals surface area contributed by atoms with Crippen molar-refractivity contribution in [3.63, 3.8) is 0 Å². The molecule has 0 aliphatic heterocycles. The molecule has 0 radical (unpaired) electrons. The summed E-state index contributed by atoms with van der Waals surface area (Å²) in [6.45, 7) is 1.80. The Morgan fingerprint density at radius 3 is 2.89 bits per heavy atom. The number of nitrogens with two attached hydrogens (primary N) is 1. The Morgan fingerprint density at radius 1 is 1.42 bits per heavy atom. The highest BCUT2D eigenvalue weighted by Crippen LogP contribution is 2.20. The second kappa shape index (κ2) is 5.24. The van der Waals surface area contributed by atoms with E-state index in [1.54, 1.807) is 13.0 Å². The van der Waals surface area contributed by atoms with Gasteiger partial charge in [0.1, 0.15) is 11.0 Å². The van der Waals surface area contributed by atoms with Gasteiger partial charge in [-0.2, -0.15) is 0 Å². The Morgan fingerprint density at radius 2 is 2.16 bits per heavy atom. The maximum atomic E-state index is 13.5. The number of benzene rings is 1. The first-order valence-corrected chi connectivity index (χ1v) is 5.83. The Hall–Kier alpha value is -2.14. The molecule has 4 nitrogen and oxygen atoms in total. The molecule has 0 saturated carbocycles. The van der Waals surface area contributed by atoms with Crippen molar-refractivity contribution in [2.24, 2.45) is 0 Å². The van der Waals surface area contributed by atoms with Gasteiger partial charge in [-0.3, -0.25) is 4.79 Å². The molecule has 0 spiro atoms. The van der Waals surface area contributed by atoms with Crippen LogP contribution in [-0.2, 0) is 0 Å². The van der Waals surface area contributed by atoms with Gasteiger partial charge >= 0.3 is 0 Å². The van der Waals surface area contributed by atoms with E-state index in [2.05, 4.69) is 10.3 Å². The van der Waals surface area contributed by atoms with Crippen molar-refractivity contribution < 1.29 is 9.18 Å². The number of aromatic nitrogens is 1. The van der Waals surface area contributed by atoms with E-state index in [1.165, 1.54) is 24.4 Å². The van der Waals surface area contributed by atoms with E-state index in [0.717, 1.165) is 5.56 Å². The third-order valence-electron chi connectivity index (χ3n) is 2.52. The number of anilines is 2. The number of nitrogens with zero attached hydrogens (tertiary/aromatic N) is 1. The van der Waals surface area contributed by atoms with Crippen LogP contribution in [0.2, 0.25) is 5.15 Å². The molecule has 1 aromatic carbocycles. The van der Waals surface area contributed by atoms with E-state index in [9.17, 15) is 9.18 Å². The van der Waals surface area contributed by atoms with Crippen LogP contribution in [-0.4, -0.2) is 10.9 Å². The van der Waals surface area contributed by atoms with Crippen LogP contribution < -0.4 is 11.1 Å². The van der Waals surface area contributed by atoms with Crippen LogP contribution in [0.15, 0.2) is 30.5 Å². The van der Waals surface area contributed by atoms with Crippen molar-refractivity contribution >= 4 is 28.9 Å². The maximum Gasteiger partial charge on any atom is 0.258 e. The molecule has 0 bridgehead atoms. The van der Waals surface area contributed by atoms with E-state index in [1.807, 2.05) is 0 Å². The quantitative estimate of drug-likeness (QED) is 0.830. The number of hydrogen-bond donors (Lipinski definition) is 2. The van der Waals surface area contributed by atoms with Crippen LogP contribution in [0.25, 0.3) is 0 Å². The van der Waals surface area contributed by atoms with Gasteiger partial charge in [0.2, 0.25) is 0 Å².